The Morgan fingerprint density at radius 1 is 1.00 bits per heavy atom. The monoisotopic (exact) mass is 330 g/mol. The molecule has 0 spiro atoms. The van der Waals surface area contributed by atoms with Crippen LogP contribution in [0.2, 0.25) is 13.6 Å². The Bertz CT molecular complexity index is 155. The van der Waals surface area contributed by atoms with Crippen molar-refractivity contribution in [2.45, 2.75) is 25.7 Å². The average Bonchev–Trinajstić information content (AvgIpc) is 2.40. The fourth-order valence-corrected chi connectivity index (χ4v) is 1.54. The van der Waals surface area contributed by atoms with Crippen LogP contribution in [0.1, 0.15) is 0 Å². The molecule has 0 aliphatic carbocycles. The second kappa shape index (κ2) is 18.5. The van der Waals surface area contributed by atoms with Gasteiger partial charge >= 0.3 is 0 Å². The lowest BCUT2D eigenvalue weighted by atomic mass is 9.75. The van der Waals surface area contributed by atoms with Gasteiger partial charge in [-0.05, 0) is 9.47 Å². The Kier molecular flexibility index (Phi) is 22.5. The van der Waals surface area contributed by atoms with E-state index in [1.807, 2.05) is 28.2 Å². The van der Waals surface area contributed by atoms with Crippen LogP contribution in [0.25, 0.3) is 0 Å². The van der Waals surface area contributed by atoms with Crippen LogP contribution >= 0.6 is 44.2 Å². The molecule has 4 nitrogen and oxygen atoms in total. The molecule has 0 aliphatic heterocycles. The normalized spacial score (nSPS) is 13.2. The van der Waals surface area contributed by atoms with Crippen molar-refractivity contribution in [1.82, 2.24) is 0 Å². The average molecular weight is 330 g/mol. The Balaban J connectivity index is 0. The molecule has 0 aromatic carbocycles. The molecule has 0 saturated carbocycles. The van der Waals surface area contributed by atoms with E-state index in [1.54, 1.807) is 0 Å². The molecular weight excluding hydrogens is 308 g/mol. The summed E-state index contributed by atoms with van der Waals surface area (Å²) in [6.45, 7) is 5.00. The summed E-state index contributed by atoms with van der Waals surface area (Å²) in [5, 5.41) is 0. The highest BCUT2D eigenvalue weighted by Crippen LogP contribution is 1.97. The van der Waals surface area contributed by atoms with Gasteiger partial charge in [0.2, 0.25) is 0 Å². The summed E-state index contributed by atoms with van der Waals surface area (Å²) in [6, 6.07) is 0.141. The fraction of sp³-hybridized carbons (Fsp3) is 1.00. The zero-order chi connectivity index (χ0) is 14.2. The summed E-state index contributed by atoms with van der Waals surface area (Å²) in [5.41, 5.74) is 0. The van der Waals surface area contributed by atoms with Crippen LogP contribution in [-0.2, 0) is 18.5 Å². The van der Waals surface area contributed by atoms with Gasteiger partial charge in [-0.1, -0.05) is 13.6 Å². The van der Waals surface area contributed by atoms with Gasteiger partial charge in [-0.3, -0.25) is 0 Å². The third kappa shape index (κ3) is 15.6. The van der Waals surface area contributed by atoms with Crippen molar-refractivity contribution in [3.05, 3.63) is 0 Å². The zero-order valence-electron chi connectivity index (χ0n) is 10.8. The molecule has 0 rings (SSSR count). The van der Waals surface area contributed by atoms with Gasteiger partial charge in [0.1, 0.15) is 14.6 Å². The van der Waals surface area contributed by atoms with Crippen molar-refractivity contribution in [2.24, 2.45) is 0 Å². The summed E-state index contributed by atoms with van der Waals surface area (Å²) >= 11 is 7.78. The standard InChI is InChI=1S/2C4H11BO2PS/c1-5-4(2-7-8)6-3-9;1-5-4(7-8)2-6-3-9/h2*4,9H,2-3,8H2,1H3. The van der Waals surface area contributed by atoms with Crippen LogP contribution < -0.4 is 0 Å². The van der Waals surface area contributed by atoms with E-state index >= 15 is 0 Å². The topological polar surface area (TPSA) is 36.9 Å². The molecule has 10 heteroatoms. The molecule has 0 aliphatic rings. The highest BCUT2D eigenvalue weighted by atomic mass is 32.1. The van der Waals surface area contributed by atoms with Gasteiger partial charge in [0.25, 0.3) is 0 Å². The van der Waals surface area contributed by atoms with Crippen molar-refractivity contribution in [3.63, 3.8) is 0 Å². The first-order chi connectivity index (χ1) is 8.69. The molecule has 106 valence electrons. The minimum absolute atomic E-state index is 0.0694. The van der Waals surface area contributed by atoms with Crippen molar-refractivity contribution in [1.29, 1.82) is 0 Å². The number of rotatable bonds is 10. The molecule has 0 heterocycles. The maximum absolute atomic E-state index is 5.10. The molecule has 0 aromatic rings. The Hall–Kier alpha value is 1.53. The SMILES string of the molecule is C[B]C(COCS)OP.C[B]C(COP)OCS. The number of ether oxygens (including phenoxy) is 2. The zero-order valence-corrected chi connectivity index (χ0v) is 14.9. The molecule has 4 atom stereocenters. The second-order valence-corrected chi connectivity index (χ2v) is 4.13. The molecule has 0 fully saturated rings. The van der Waals surface area contributed by atoms with E-state index in [9.17, 15) is 0 Å². The summed E-state index contributed by atoms with van der Waals surface area (Å²) < 4.78 is 19.8. The quantitative estimate of drug-likeness (QED) is 0.276. The minimum atomic E-state index is 0.0694. The van der Waals surface area contributed by atoms with E-state index < -0.39 is 0 Å². The summed E-state index contributed by atoms with van der Waals surface area (Å²) in [7, 11) is 8.23. The Labute approximate surface area is 128 Å². The van der Waals surface area contributed by atoms with Crippen molar-refractivity contribution in [2.75, 3.05) is 25.1 Å². The van der Waals surface area contributed by atoms with Gasteiger partial charge in [0.05, 0.1) is 31.1 Å². The lowest BCUT2D eigenvalue weighted by molar-refractivity contribution is 0.111. The summed E-state index contributed by atoms with van der Waals surface area (Å²) in [5.74, 6) is 0.876. The van der Waals surface area contributed by atoms with E-state index in [-0.39, 0.29) is 12.0 Å². The van der Waals surface area contributed by atoms with Crippen LogP contribution in [0.15, 0.2) is 0 Å². The number of thiol groups is 2. The maximum atomic E-state index is 5.10. The highest BCUT2D eigenvalue weighted by molar-refractivity contribution is 7.80. The van der Waals surface area contributed by atoms with Crippen LogP contribution in [0, 0.1) is 0 Å². The largest absolute Gasteiger partial charge is 0.375 e. The third-order valence-electron chi connectivity index (χ3n) is 1.84. The molecule has 2 radical (unpaired) electrons. The number of hydrogen-bond acceptors (Lipinski definition) is 6. The van der Waals surface area contributed by atoms with Crippen molar-refractivity contribution >= 4 is 58.8 Å². The molecule has 0 amide bonds. The predicted molar refractivity (Wildman–Crippen MR) is 92.0 cm³/mol. The molecular formula is C8H22B2O4P2S2. The summed E-state index contributed by atoms with van der Waals surface area (Å²) in [6.07, 6.45) is 0. The van der Waals surface area contributed by atoms with Crippen molar-refractivity contribution in [3.8, 4) is 0 Å². The highest BCUT2D eigenvalue weighted by Gasteiger charge is 2.04. The molecule has 0 saturated heterocycles. The van der Waals surface area contributed by atoms with E-state index in [0.717, 1.165) is 0 Å². The van der Waals surface area contributed by atoms with Gasteiger partial charge in [-0.15, -0.1) is 0 Å². The fourth-order valence-electron chi connectivity index (χ4n) is 0.814. The lowest BCUT2D eigenvalue weighted by Crippen LogP contribution is -2.22. The van der Waals surface area contributed by atoms with E-state index in [4.69, 9.17) is 18.5 Å². The van der Waals surface area contributed by atoms with Gasteiger partial charge in [-0.25, -0.2) is 0 Å². The lowest BCUT2D eigenvalue weighted by Gasteiger charge is -2.11. The first-order valence-electron chi connectivity index (χ1n) is 5.37. The molecule has 4 unspecified atom stereocenters. The van der Waals surface area contributed by atoms with Crippen molar-refractivity contribution < 1.29 is 18.5 Å². The summed E-state index contributed by atoms with van der Waals surface area (Å²) in [4.78, 5) is 0. The second-order valence-electron chi connectivity index (χ2n) is 3.01. The molecule has 0 aromatic heterocycles. The molecule has 18 heavy (non-hydrogen) atoms. The predicted octanol–water partition coefficient (Wildman–Crippen LogP) is 1.55. The first-order valence-corrected chi connectivity index (χ1v) is 7.58. The van der Waals surface area contributed by atoms with E-state index in [0.29, 0.717) is 25.1 Å². The molecule has 0 N–H and O–H groups in total. The maximum Gasteiger partial charge on any atom is 0.149 e. The molecule has 0 bridgehead atoms. The van der Waals surface area contributed by atoms with Gasteiger partial charge in [0.15, 0.2) is 0 Å². The number of hydrogen-bond donors (Lipinski definition) is 2. The van der Waals surface area contributed by atoms with E-state index in [2.05, 4.69) is 44.2 Å². The minimum Gasteiger partial charge on any atom is -0.375 e. The van der Waals surface area contributed by atoms with Crippen LogP contribution in [0.3, 0.4) is 0 Å². The van der Waals surface area contributed by atoms with Gasteiger partial charge in [0, 0.05) is 15.5 Å². The van der Waals surface area contributed by atoms with Gasteiger partial charge < -0.3 is 18.5 Å². The van der Waals surface area contributed by atoms with E-state index in [1.165, 1.54) is 0 Å². The Morgan fingerprint density at radius 2 is 1.61 bits per heavy atom. The van der Waals surface area contributed by atoms with Crippen LogP contribution in [0.5, 0.6) is 0 Å². The third-order valence-corrected chi connectivity index (χ3v) is 2.71. The Morgan fingerprint density at radius 3 is 1.94 bits per heavy atom. The smallest absolute Gasteiger partial charge is 0.149 e. The first kappa shape index (κ1) is 21.8. The van der Waals surface area contributed by atoms with Crippen LogP contribution in [0.4, 0.5) is 0 Å². The van der Waals surface area contributed by atoms with Gasteiger partial charge in [-0.2, -0.15) is 25.3 Å². The van der Waals surface area contributed by atoms with Crippen LogP contribution in [-0.4, -0.2) is 51.7 Å².